The molecule has 1 atom stereocenters. The summed E-state index contributed by atoms with van der Waals surface area (Å²) < 4.78 is 20.4. The minimum atomic E-state index is -0.933. The number of ether oxygens (including phenoxy) is 1. The van der Waals surface area contributed by atoms with Crippen LogP contribution in [-0.4, -0.2) is 41.1 Å². The van der Waals surface area contributed by atoms with Gasteiger partial charge in [0.25, 0.3) is 0 Å². The van der Waals surface area contributed by atoms with Crippen LogP contribution in [0.5, 0.6) is 5.75 Å². The van der Waals surface area contributed by atoms with Gasteiger partial charge in [-0.1, -0.05) is 36.4 Å². The fourth-order valence-corrected chi connectivity index (χ4v) is 4.19. The molecule has 1 aromatic heterocycles. The third kappa shape index (κ3) is 5.86. The molecule has 0 bridgehead atoms. The first-order valence-electron chi connectivity index (χ1n) is 12.5. The summed E-state index contributed by atoms with van der Waals surface area (Å²) in [5.74, 6) is -0.534. The number of rotatable bonds is 9. The number of aliphatic imine (C=N–C) groups is 1. The number of nitrogens with zero attached hydrogens (tertiary/aromatic N) is 5. The van der Waals surface area contributed by atoms with Gasteiger partial charge in [-0.05, 0) is 49.7 Å². The number of para-hydroxylation sites is 2. The molecule has 41 heavy (non-hydrogen) atoms. The van der Waals surface area contributed by atoms with Crippen molar-refractivity contribution in [3.8, 4) is 11.8 Å². The van der Waals surface area contributed by atoms with E-state index in [1.165, 1.54) is 30.5 Å². The third-order valence-corrected chi connectivity index (χ3v) is 6.31. The zero-order chi connectivity index (χ0) is 29.5. The van der Waals surface area contributed by atoms with Crippen molar-refractivity contribution in [3.05, 3.63) is 101 Å². The number of nitriles is 1. The van der Waals surface area contributed by atoms with Gasteiger partial charge in [-0.15, -0.1) is 0 Å². The Kier molecular flexibility index (Phi) is 8.64. The van der Waals surface area contributed by atoms with Gasteiger partial charge in [0.1, 0.15) is 41.2 Å². The predicted molar refractivity (Wildman–Crippen MR) is 156 cm³/mol. The summed E-state index contributed by atoms with van der Waals surface area (Å²) in [5, 5.41) is 21.5. The molecule has 1 unspecified atom stereocenters. The van der Waals surface area contributed by atoms with Gasteiger partial charge in [-0.25, -0.2) is 19.4 Å². The second kappa shape index (κ2) is 12.5. The number of amides is 1. The summed E-state index contributed by atoms with van der Waals surface area (Å²) in [5.41, 5.74) is 7.44. The van der Waals surface area contributed by atoms with Gasteiger partial charge >= 0.3 is 0 Å². The Bertz CT molecular complexity index is 1670. The van der Waals surface area contributed by atoms with Crippen molar-refractivity contribution in [2.75, 3.05) is 23.1 Å². The van der Waals surface area contributed by atoms with E-state index in [1.807, 2.05) is 37.3 Å². The molecule has 0 radical (unpaired) electrons. The van der Waals surface area contributed by atoms with E-state index in [-0.39, 0.29) is 39.8 Å². The number of methoxy groups -OCH3 is 1. The van der Waals surface area contributed by atoms with Gasteiger partial charge in [0.2, 0.25) is 6.41 Å². The molecule has 0 aliphatic carbocycles. The number of aryl methyl sites for hydroxylation is 1. The molecule has 4 rings (SSSR count). The number of benzene rings is 3. The highest BCUT2D eigenvalue weighted by atomic mass is 19.1. The van der Waals surface area contributed by atoms with Crippen LogP contribution in [0.2, 0.25) is 0 Å². The maximum Gasteiger partial charge on any atom is 0.219 e. The molecule has 4 N–H and O–H groups in total. The lowest BCUT2D eigenvalue weighted by atomic mass is 9.99. The van der Waals surface area contributed by atoms with E-state index in [0.717, 1.165) is 5.56 Å². The Labute approximate surface area is 236 Å². The zero-order valence-corrected chi connectivity index (χ0v) is 22.6. The number of anilines is 3. The number of nitrogens with two attached hydrogens (primary N) is 1. The van der Waals surface area contributed by atoms with Gasteiger partial charge in [0.15, 0.2) is 5.82 Å². The van der Waals surface area contributed by atoms with E-state index in [9.17, 15) is 10.1 Å². The fourth-order valence-electron chi connectivity index (χ4n) is 4.19. The number of aromatic nitrogens is 2. The second-order valence-corrected chi connectivity index (χ2v) is 8.91. The molecule has 1 amide bonds. The van der Waals surface area contributed by atoms with Crippen LogP contribution in [0.15, 0.2) is 78.0 Å². The summed E-state index contributed by atoms with van der Waals surface area (Å²) >= 11 is 0. The SMILES string of the molecule is COc1ccc(C(=N)c2c(N)ncnc2NC(C)/C(=N/c2ccccc2C)N(C=O)c2ccccc2)c(F)c1C#N. The number of carbonyl (C=O) groups excluding carboxylic acids is 1. The molecule has 0 saturated carbocycles. The lowest BCUT2D eigenvalue weighted by molar-refractivity contribution is -0.106. The highest BCUT2D eigenvalue weighted by Crippen LogP contribution is 2.29. The lowest BCUT2D eigenvalue weighted by Crippen LogP contribution is -2.41. The number of nitrogens with one attached hydrogen (secondary N) is 2. The molecule has 206 valence electrons. The average Bonchev–Trinajstić information content (AvgIpc) is 2.98. The van der Waals surface area contributed by atoms with Crippen LogP contribution in [0, 0.1) is 29.5 Å². The molecule has 0 aliphatic rings. The van der Waals surface area contributed by atoms with E-state index in [0.29, 0.717) is 23.6 Å². The number of hydrogen-bond donors (Lipinski definition) is 3. The Balaban J connectivity index is 1.80. The normalized spacial score (nSPS) is 11.7. The molecule has 0 saturated heterocycles. The first kappa shape index (κ1) is 28.4. The van der Waals surface area contributed by atoms with Crippen molar-refractivity contribution in [3.63, 3.8) is 0 Å². The second-order valence-electron chi connectivity index (χ2n) is 8.91. The Morgan fingerprint density at radius 3 is 2.54 bits per heavy atom. The monoisotopic (exact) mass is 550 g/mol. The molecule has 3 aromatic carbocycles. The minimum Gasteiger partial charge on any atom is -0.495 e. The number of amidine groups is 1. The van der Waals surface area contributed by atoms with Crippen LogP contribution in [0.4, 0.5) is 27.4 Å². The quantitative estimate of drug-likeness (QED) is 0.151. The molecule has 0 spiro atoms. The topological polar surface area (TPSA) is 153 Å². The zero-order valence-electron chi connectivity index (χ0n) is 22.6. The number of halogens is 1. The largest absolute Gasteiger partial charge is 0.495 e. The Morgan fingerprint density at radius 2 is 1.88 bits per heavy atom. The van der Waals surface area contributed by atoms with E-state index in [1.54, 1.807) is 37.3 Å². The molecule has 10 nitrogen and oxygen atoms in total. The molecule has 0 fully saturated rings. The summed E-state index contributed by atoms with van der Waals surface area (Å²) in [6.07, 6.45) is 1.87. The Morgan fingerprint density at radius 1 is 1.17 bits per heavy atom. The third-order valence-electron chi connectivity index (χ3n) is 6.31. The fraction of sp³-hybridized carbons (Fsp3) is 0.133. The van der Waals surface area contributed by atoms with Crippen molar-refractivity contribution in [2.24, 2.45) is 4.99 Å². The molecular formula is C30H27FN8O2. The molecule has 0 aliphatic heterocycles. The molecule has 11 heteroatoms. The molecule has 1 heterocycles. The van der Waals surface area contributed by atoms with E-state index < -0.39 is 11.9 Å². The van der Waals surface area contributed by atoms with Crippen LogP contribution in [0.3, 0.4) is 0 Å². The smallest absolute Gasteiger partial charge is 0.219 e. The average molecular weight is 551 g/mol. The highest BCUT2D eigenvalue weighted by molar-refractivity contribution is 6.18. The maximum absolute atomic E-state index is 15.3. The Hall–Kier alpha value is -5.63. The number of carbonyl (C=O) groups is 1. The summed E-state index contributed by atoms with van der Waals surface area (Å²) in [4.78, 5) is 26.9. The predicted octanol–water partition coefficient (Wildman–Crippen LogP) is 5.00. The van der Waals surface area contributed by atoms with Crippen LogP contribution in [0.1, 0.15) is 29.2 Å². The number of nitrogen functional groups attached to an aromatic ring is 1. The first-order valence-corrected chi connectivity index (χ1v) is 12.5. The summed E-state index contributed by atoms with van der Waals surface area (Å²) in [7, 11) is 1.32. The van der Waals surface area contributed by atoms with Crippen molar-refractivity contribution in [2.45, 2.75) is 19.9 Å². The summed E-state index contributed by atoms with van der Waals surface area (Å²) in [6.45, 7) is 3.68. The molecule has 4 aromatic rings. The maximum atomic E-state index is 15.3. The van der Waals surface area contributed by atoms with E-state index >= 15 is 4.39 Å². The van der Waals surface area contributed by atoms with Crippen LogP contribution in [0.25, 0.3) is 0 Å². The lowest BCUT2D eigenvalue weighted by Gasteiger charge is -2.26. The van der Waals surface area contributed by atoms with E-state index in [4.69, 9.17) is 20.9 Å². The van der Waals surface area contributed by atoms with Gasteiger partial charge in [0, 0.05) is 11.3 Å². The van der Waals surface area contributed by atoms with Crippen molar-refractivity contribution < 1.29 is 13.9 Å². The van der Waals surface area contributed by atoms with Crippen LogP contribution in [-0.2, 0) is 4.79 Å². The van der Waals surface area contributed by atoms with Crippen molar-refractivity contribution >= 4 is 41.0 Å². The first-order chi connectivity index (χ1) is 19.8. The highest BCUT2D eigenvalue weighted by Gasteiger charge is 2.26. The standard InChI is InChI=1S/C30H27FN8O2/c1-18-9-7-8-12-23(18)38-30(39(17-40)20-10-5-4-6-11-20)19(2)37-29-25(28(34)35-16-36-29)27(33)21-13-14-24(41-3)22(15-32)26(21)31/h4-14,16-17,19,33H,1-3H3,(H3,34,35,36,37)/b33-27?,38-30-. The minimum absolute atomic E-state index is 0.0138. The molecular weight excluding hydrogens is 523 g/mol. The van der Waals surface area contributed by atoms with Crippen LogP contribution >= 0.6 is 0 Å². The van der Waals surface area contributed by atoms with Crippen molar-refractivity contribution in [1.29, 1.82) is 10.7 Å². The van der Waals surface area contributed by atoms with Gasteiger partial charge < -0.3 is 15.8 Å². The van der Waals surface area contributed by atoms with E-state index in [2.05, 4.69) is 15.3 Å². The van der Waals surface area contributed by atoms with Crippen LogP contribution < -0.4 is 20.7 Å². The van der Waals surface area contributed by atoms with Gasteiger partial charge in [-0.2, -0.15) is 5.26 Å². The van der Waals surface area contributed by atoms with Gasteiger partial charge in [-0.3, -0.25) is 15.1 Å². The van der Waals surface area contributed by atoms with Crippen molar-refractivity contribution in [1.82, 2.24) is 9.97 Å². The summed E-state index contributed by atoms with van der Waals surface area (Å²) in [6, 6.07) is 20.3. The number of hydrogen-bond acceptors (Lipinski definition) is 9. The van der Waals surface area contributed by atoms with Gasteiger partial charge in [0.05, 0.1) is 30.1 Å².